The van der Waals surface area contributed by atoms with Crippen LogP contribution in [0.2, 0.25) is 0 Å². The molecule has 0 radical (unpaired) electrons. The molecule has 0 aromatic heterocycles. The quantitative estimate of drug-likeness (QED) is 0.816. The van der Waals surface area contributed by atoms with E-state index in [1.807, 2.05) is 11.8 Å². The van der Waals surface area contributed by atoms with Crippen LogP contribution in [-0.4, -0.2) is 67.7 Å². The molecule has 0 unspecified atom stereocenters. The summed E-state index contributed by atoms with van der Waals surface area (Å²) in [7, 11) is 0. The zero-order chi connectivity index (χ0) is 17.6. The standard InChI is InChI=1S/C19H27FN2O3/c1-15(21-9-11-24-12-10-21)19(23)22-8-2-3-16(13-22)14-25-18-6-4-17(20)5-7-18/h4-7,15-16H,2-3,8-14H2,1H3/t15-,16+/m0/s1. The molecule has 1 aromatic carbocycles. The van der Waals surface area contributed by atoms with Crippen molar-refractivity contribution in [3.8, 4) is 5.75 Å². The van der Waals surface area contributed by atoms with Crippen LogP contribution in [0.5, 0.6) is 5.75 Å². The van der Waals surface area contributed by atoms with E-state index in [2.05, 4.69) is 4.90 Å². The molecule has 5 nitrogen and oxygen atoms in total. The van der Waals surface area contributed by atoms with Gasteiger partial charge in [0.1, 0.15) is 11.6 Å². The van der Waals surface area contributed by atoms with Crippen molar-refractivity contribution in [2.75, 3.05) is 46.0 Å². The van der Waals surface area contributed by atoms with Gasteiger partial charge >= 0.3 is 0 Å². The SMILES string of the molecule is C[C@@H](C(=O)N1CCC[C@@H](COc2ccc(F)cc2)C1)N1CCOCC1. The van der Waals surface area contributed by atoms with E-state index in [1.54, 1.807) is 12.1 Å². The Hall–Kier alpha value is -1.66. The first-order valence-corrected chi connectivity index (χ1v) is 9.12. The van der Waals surface area contributed by atoms with Crippen molar-refractivity contribution in [3.63, 3.8) is 0 Å². The number of piperidine rings is 1. The Morgan fingerprint density at radius 2 is 2.00 bits per heavy atom. The summed E-state index contributed by atoms with van der Waals surface area (Å²) in [5.74, 6) is 0.929. The molecular formula is C19H27FN2O3. The highest BCUT2D eigenvalue weighted by Crippen LogP contribution is 2.20. The molecule has 2 saturated heterocycles. The number of morpholine rings is 1. The van der Waals surface area contributed by atoms with E-state index in [0.29, 0.717) is 31.5 Å². The summed E-state index contributed by atoms with van der Waals surface area (Å²) in [6, 6.07) is 5.98. The third kappa shape index (κ3) is 4.92. The summed E-state index contributed by atoms with van der Waals surface area (Å²) >= 11 is 0. The molecule has 0 saturated carbocycles. The topological polar surface area (TPSA) is 42.0 Å². The minimum atomic E-state index is -0.265. The van der Waals surface area contributed by atoms with Crippen LogP contribution in [0, 0.1) is 11.7 Å². The number of carbonyl (C=O) groups is 1. The normalized spacial score (nSPS) is 23.3. The van der Waals surface area contributed by atoms with E-state index in [1.165, 1.54) is 12.1 Å². The van der Waals surface area contributed by atoms with Crippen molar-refractivity contribution >= 4 is 5.91 Å². The molecule has 2 aliphatic heterocycles. The highest BCUT2D eigenvalue weighted by Gasteiger charge is 2.30. The van der Waals surface area contributed by atoms with Crippen molar-refractivity contribution in [3.05, 3.63) is 30.1 Å². The minimum Gasteiger partial charge on any atom is -0.493 e. The Kier molecular flexibility index (Phi) is 6.26. The molecule has 6 heteroatoms. The van der Waals surface area contributed by atoms with Gasteiger partial charge in [0, 0.05) is 32.1 Å². The number of benzene rings is 1. The molecule has 0 spiro atoms. The van der Waals surface area contributed by atoms with Crippen LogP contribution in [0.15, 0.2) is 24.3 Å². The minimum absolute atomic E-state index is 0.0966. The van der Waals surface area contributed by atoms with Gasteiger partial charge in [-0.3, -0.25) is 9.69 Å². The maximum Gasteiger partial charge on any atom is 0.239 e. The Morgan fingerprint density at radius 1 is 1.28 bits per heavy atom. The number of halogens is 1. The fourth-order valence-corrected chi connectivity index (χ4v) is 3.53. The van der Waals surface area contributed by atoms with Crippen LogP contribution in [-0.2, 0) is 9.53 Å². The molecule has 25 heavy (non-hydrogen) atoms. The Labute approximate surface area is 148 Å². The Balaban J connectivity index is 1.49. The first kappa shape index (κ1) is 18.1. The summed E-state index contributed by atoms with van der Waals surface area (Å²) in [5, 5.41) is 0. The van der Waals surface area contributed by atoms with Crippen molar-refractivity contribution in [1.82, 2.24) is 9.80 Å². The number of likely N-dealkylation sites (tertiary alicyclic amines) is 1. The van der Waals surface area contributed by atoms with Crippen LogP contribution in [0.25, 0.3) is 0 Å². The number of nitrogens with zero attached hydrogens (tertiary/aromatic N) is 2. The maximum absolute atomic E-state index is 12.9. The first-order valence-electron chi connectivity index (χ1n) is 9.12. The molecule has 2 aliphatic rings. The lowest BCUT2D eigenvalue weighted by Crippen LogP contribution is -2.53. The molecule has 2 atom stereocenters. The molecule has 138 valence electrons. The second kappa shape index (κ2) is 8.63. The summed E-state index contributed by atoms with van der Waals surface area (Å²) in [6.45, 7) is 7.14. The van der Waals surface area contributed by atoms with Gasteiger partial charge < -0.3 is 14.4 Å². The maximum atomic E-state index is 12.9. The highest BCUT2D eigenvalue weighted by atomic mass is 19.1. The van der Waals surface area contributed by atoms with E-state index >= 15 is 0 Å². The molecule has 3 rings (SSSR count). The zero-order valence-electron chi connectivity index (χ0n) is 14.8. The third-order valence-corrected chi connectivity index (χ3v) is 5.08. The average Bonchev–Trinajstić information content (AvgIpc) is 2.67. The summed E-state index contributed by atoms with van der Waals surface area (Å²) in [5.41, 5.74) is 0. The van der Waals surface area contributed by atoms with Gasteiger partial charge in [-0.1, -0.05) is 0 Å². The first-order chi connectivity index (χ1) is 12.1. The summed E-state index contributed by atoms with van der Waals surface area (Å²) < 4.78 is 24.1. The van der Waals surface area contributed by atoms with Gasteiger partial charge in [-0.25, -0.2) is 4.39 Å². The van der Waals surface area contributed by atoms with Crippen molar-refractivity contribution in [2.24, 2.45) is 5.92 Å². The van der Waals surface area contributed by atoms with Crippen LogP contribution in [0.1, 0.15) is 19.8 Å². The average molecular weight is 350 g/mol. The summed E-state index contributed by atoms with van der Waals surface area (Å²) in [4.78, 5) is 17.0. The number of hydrogen-bond donors (Lipinski definition) is 0. The molecule has 0 bridgehead atoms. The second-order valence-corrected chi connectivity index (χ2v) is 6.88. The van der Waals surface area contributed by atoms with Crippen molar-refractivity contribution in [1.29, 1.82) is 0 Å². The van der Waals surface area contributed by atoms with Crippen LogP contribution in [0.3, 0.4) is 0 Å². The van der Waals surface area contributed by atoms with Crippen molar-refractivity contribution in [2.45, 2.75) is 25.8 Å². The van der Waals surface area contributed by atoms with Crippen molar-refractivity contribution < 1.29 is 18.7 Å². The molecule has 1 amide bonds. The largest absolute Gasteiger partial charge is 0.493 e. The van der Waals surface area contributed by atoms with Gasteiger partial charge in [-0.2, -0.15) is 0 Å². The van der Waals surface area contributed by atoms with Gasteiger partial charge in [0.2, 0.25) is 5.91 Å². The number of amides is 1. The molecule has 2 heterocycles. The fourth-order valence-electron chi connectivity index (χ4n) is 3.53. The molecule has 0 aliphatic carbocycles. The fraction of sp³-hybridized carbons (Fsp3) is 0.632. The number of hydrogen-bond acceptors (Lipinski definition) is 4. The molecule has 1 aromatic rings. The van der Waals surface area contributed by atoms with Gasteiger partial charge in [-0.05, 0) is 44.0 Å². The predicted molar refractivity (Wildman–Crippen MR) is 93.1 cm³/mol. The summed E-state index contributed by atoms with van der Waals surface area (Å²) in [6.07, 6.45) is 2.05. The van der Waals surface area contributed by atoms with E-state index < -0.39 is 0 Å². The lowest BCUT2D eigenvalue weighted by Gasteiger charge is -2.38. The third-order valence-electron chi connectivity index (χ3n) is 5.08. The predicted octanol–water partition coefficient (Wildman–Crippen LogP) is 2.16. The van der Waals surface area contributed by atoms with Crippen LogP contribution >= 0.6 is 0 Å². The number of carbonyl (C=O) groups excluding carboxylic acids is 1. The molecular weight excluding hydrogens is 323 g/mol. The highest BCUT2D eigenvalue weighted by molar-refractivity contribution is 5.81. The van der Waals surface area contributed by atoms with E-state index in [4.69, 9.17) is 9.47 Å². The van der Waals surface area contributed by atoms with E-state index in [9.17, 15) is 9.18 Å². The van der Waals surface area contributed by atoms with Crippen LogP contribution in [0.4, 0.5) is 4.39 Å². The lowest BCUT2D eigenvalue weighted by atomic mass is 9.98. The zero-order valence-corrected chi connectivity index (χ0v) is 14.8. The number of rotatable bonds is 5. The Bertz CT molecular complexity index is 560. The van der Waals surface area contributed by atoms with Gasteiger partial charge in [0.15, 0.2) is 0 Å². The van der Waals surface area contributed by atoms with E-state index in [0.717, 1.165) is 39.0 Å². The number of ether oxygens (including phenoxy) is 2. The molecule has 2 fully saturated rings. The monoisotopic (exact) mass is 350 g/mol. The Morgan fingerprint density at radius 3 is 2.72 bits per heavy atom. The lowest BCUT2D eigenvalue weighted by molar-refractivity contribution is -0.140. The van der Waals surface area contributed by atoms with Gasteiger partial charge in [0.05, 0.1) is 25.9 Å². The van der Waals surface area contributed by atoms with Gasteiger partial charge in [-0.15, -0.1) is 0 Å². The smallest absolute Gasteiger partial charge is 0.239 e. The van der Waals surface area contributed by atoms with Gasteiger partial charge in [0.25, 0.3) is 0 Å². The molecule has 0 N–H and O–H groups in total. The second-order valence-electron chi connectivity index (χ2n) is 6.88. The van der Waals surface area contributed by atoms with Crippen LogP contribution < -0.4 is 4.74 Å². The van der Waals surface area contributed by atoms with E-state index in [-0.39, 0.29) is 17.8 Å².